The number of aromatic nitrogens is 2. The van der Waals surface area contributed by atoms with Crippen LogP contribution in [0.2, 0.25) is 5.15 Å². The molecule has 0 aliphatic heterocycles. The summed E-state index contributed by atoms with van der Waals surface area (Å²) in [5.74, 6) is 0.396. The second-order valence-electron chi connectivity index (χ2n) is 5.46. The van der Waals surface area contributed by atoms with Crippen molar-refractivity contribution in [3.05, 3.63) is 57.9 Å². The smallest absolute Gasteiger partial charge is 0.405 e. The maximum absolute atomic E-state index is 11.1. The zero-order chi connectivity index (χ0) is 17.8. The fourth-order valence-corrected chi connectivity index (χ4v) is 3.06. The Hall–Kier alpha value is -2.25. The third-order valence-electron chi connectivity index (χ3n) is 3.68. The molecule has 0 unspecified atom stereocenters. The number of H-pyrrole nitrogens is 1. The van der Waals surface area contributed by atoms with E-state index in [1.807, 2.05) is 30.5 Å². The Morgan fingerprint density at radius 2 is 2.24 bits per heavy atom. The van der Waals surface area contributed by atoms with Gasteiger partial charge >= 0.3 is 6.09 Å². The molecule has 0 bridgehead atoms. The fourth-order valence-electron chi connectivity index (χ4n) is 2.59. The molecule has 2 aromatic heterocycles. The molecule has 0 aliphatic rings. The van der Waals surface area contributed by atoms with Gasteiger partial charge in [0.1, 0.15) is 6.61 Å². The van der Waals surface area contributed by atoms with Gasteiger partial charge in [0, 0.05) is 27.8 Å². The maximum atomic E-state index is 11.1. The van der Waals surface area contributed by atoms with Crippen LogP contribution in [0.1, 0.15) is 5.56 Å². The summed E-state index contributed by atoms with van der Waals surface area (Å²) in [6, 6.07) is 9.12. The summed E-state index contributed by atoms with van der Waals surface area (Å²) in [5, 5.41) is 12.9. The number of hydrogen-bond donors (Lipinski definition) is 3. The molecule has 3 N–H and O–H groups in total. The van der Waals surface area contributed by atoms with E-state index in [-0.39, 0.29) is 11.8 Å². The highest BCUT2D eigenvalue weighted by Crippen LogP contribution is 2.26. The normalized spacial score (nSPS) is 12.1. The van der Waals surface area contributed by atoms with Gasteiger partial charge in [-0.25, -0.2) is 9.78 Å². The van der Waals surface area contributed by atoms with Crippen LogP contribution in [0.25, 0.3) is 10.9 Å². The summed E-state index contributed by atoms with van der Waals surface area (Å²) in [6.07, 6.45) is 2.82. The van der Waals surface area contributed by atoms with Gasteiger partial charge in [-0.05, 0) is 40.0 Å². The number of nitrogens with zero attached hydrogens (tertiary/aromatic N) is 1. The summed E-state index contributed by atoms with van der Waals surface area (Å²) >= 11 is 9.31. The van der Waals surface area contributed by atoms with Gasteiger partial charge < -0.3 is 20.1 Å². The van der Waals surface area contributed by atoms with Crippen LogP contribution in [-0.4, -0.2) is 33.8 Å². The largest absolute Gasteiger partial charge is 0.488 e. The van der Waals surface area contributed by atoms with Crippen molar-refractivity contribution < 1.29 is 14.6 Å². The van der Waals surface area contributed by atoms with Crippen LogP contribution in [0.15, 0.2) is 47.2 Å². The Morgan fingerprint density at radius 1 is 1.44 bits per heavy atom. The first kappa shape index (κ1) is 17.6. The second-order valence-corrected chi connectivity index (χ2v) is 6.74. The quantitative estimate of drug-likeness (QED) is 0.517. The second kappa shape index (κ2) is 7.76. The van der Waals surface area contributed by atoms with Crippen LogP contribution >= 0.6 is 27.5 Å². The lowest BCUT2D eigenvalue weighted by atomic mass is 10.1. The average molecular weight is 425 g/mol. The Bertz CT molecular complexity index is 900. The molecule has 130 valence electrons. The van der Waals surface area contributed by atoms with Crippen LogP contribution < -0.4 is 10.1 Å². The first-order chi connectivity index (χ1) is 12.0. The monoisotopic (exact) mass is 423 g/mol. The number of para-hydroxylation sites is 1. The first-order valence-corrected chi connectivity index (χ1v) is 8.68. The van der Waals surface area contributed by atoms with Crippen molar-refractivity contribution in [2.24, 2.45) is 0 Å². The lowest BCUT2D eigenvalue weighted by Crippen LogP contribution is -2.39. The van der Waals surface area contributed by atoms with Crippen molar-refractivity contribution >= 4 is 44.5 Å². The van der Waals surface area contributed by atoms with E-state index in [2.05, 4.69) is 31.2 Å². The third kappa shape index (κ3) is 4.43. The van der Waals surface area contributed by atoms with Crippen LogP contribution in [0.5, 0.6) is 5.75 Å². The molecule has 0 radical (unpaired) electrons. The highest BCUT2D eigenvalue weighted by atomic mass is 79.9. The molecule has 3 rings (SSSR count). The van der Waals surface area contributed by atoms with E-state index in [4.69, 9.17) is 21.4 Å². The van der Waals surface area contributed by atoms with Gasteiger partial charge in [-0.1, -0.05) is 29.8 Å². The Balaban J connectivity index is 1.75. The Kier molecular flexibility index (Phi) is 5.45. The minimum absolute atomic E-state index is 0.129. The van der Waals surface area contributed by atoms with Gasteiger partial charge in [-0.3, -0.25) is 0 Å². The van der Waals surface area contributed by atoms with E-state index in [1.165, 1.54) is 0 Å². The molecule has 0 saturated carbocycles. The number of halogens is 2. The number of ether oxygens (including phenoxy) is 1. The first-order valence-electron chi connectivity index (χ1n) is 7.51. The van der Waals surface area contributed by atoms with Crippen LogP contribution in [0.4, 0.5) is 4.79 Å². The molecule has 3 aromatic rings. The van der Waals surface area contributed by atoms with Crippen molar-refractivity contribution in [3.63, 3.8) is 0 Å². The van der Waals surface area contributed by atoms with Crippen molar-refractivity contribution in [1.82, 2.24) is 15.3 Å². The lowest BCUT2D eigenvalue weighted by molar-refractivity contribution is 0.181. The lowest BCUT2D eigenvalue weighted by Gasteiger charge is -2.18. The molecular formula is C17H15BrClN3O3. The minimum atomic E-state index is -1.10. The third-order valence-corrected chi connectivity index (χ3v) is 4.40. The van der Waals surface area contributed by atoms with Crippen LogP contribution in [0, 0.1) is 0 Å². The summed E-state index contributed by atoms with van der Waals surface area (Å²) < 4.78 is 6.41. The highest BCUT2D eigenvalue weighted by molar-refractivity contribution is 9.10. The minimum Gasteiger partial charge on any atom is -0.488 e. The van der Waals surface area contributed by atoms with Gasteiger partial charge in [0.15, 0.2) is 10.9 Å². The summed E-state index contributed by atoms with van der Waals surface area (Å²) in [5.41, 5.74) is 2.02. The van der Waals surface area contributed by atoms with Gasteiger partial charge in [-0.2, -0.15) is 0 Å². The number of nitrogens with one attached hydrogen (secondary N) is 2. The summed E-state index contributed by atoms with van der Waals surface area (Å²) in [6.45, 7) is 0.129. The topological polar surface area (TPSA) is 87.2 Å². The molecular weight excluding hydrogens is 410 g/mol. The van der Waals surface area contributed by atoms with E-state index in [0.717, 1.165) is 20.9 Å². The van der Waals surface area contributed by atoms with Crippen molar-refractivity contribution in [2.45, 2.75) is 12.5 Å². The molecule has 0 saturated heterocycles. The van der Waals surface area contributed by atoms with Crippen LogP contribution in [-0.2, 0) is 6.42 Å². The van der Waals surface area contributed by atoms with E-state index >= 15 is 0 Å². The van der Waals surface area contributed by atoms with Gasteiger partial charge in [-0.15, -0.1) is 0 Å². The number of benzene rings is 1. The fraction of sp³-hybridized carbons (Fsp3) is 0.176. The van der Waals surface area contributed by atoms with Crippen LogP contribution in [0.3, 0.4) is 0 Å². The number of aromatic amines is 1. The van der Waals surface area contributed by atoms with E-state index < -0.39 is 12.1 Å². The molecule has 25 heavy (non-hydrogen) atoms. The summed E-state index contributed by atoms with van der Waals surface area (Å²) in [7, 11) is 0. The molecule has 8 heteroatoms. The Morgan fingerprint density at radius 3 is 3.04 bits per heavy atom. The number of carbonyl (C=O) groups is 1. The number of fused-ring (bicyclic) bond motifs is 1. The molecule has 0 aliphatic carbocycles. The molecule has 0 spiro atoms. The van der Waals surface area contributed by atoms with Crippen molar-refractivity contribution in [2.75, 3.05) is 6.61 Å². The van der Waals surface area contributed by atoms with Crippen molar-refractivity contribution in [1.29, 1.82) is 0 Å². The zero-order valence-corrected chi connectivity index (χ0v) is 15.3. The SMILES string of the molecule is O=C(O)N[C@H](COc1cc(Br)cnc1Cl)Cc1c[nH]c2ccccc12. The average Bonchev–Trinajstić information content (AvgIpc) is 2.98. The number of hydrogen-bond acceptors (Lipinski definition) is 3. The Labute approximate surface area is 157 Å². The van der Waals surface area contributed by atoms with Gasteiger partial charge in [0.2, 0.25) is 0 Å². The number of rotatable bonds is 6. The highest BCUT2D eigenvalue weighted by Gasteiger charge is 2.17. The number of amides is 1. The van der Waals surface area contributed by atoms with Crippen molar-refractivity contribution in [3.8, 4) is 5.75 Å². The molecule has 1 aromatic carbocycles. The van der Waals surface area contributed by atoms with Gasteiger partial charge in [0.05, 0.1) is 6.04 Å². The standard InChI is InChI=1S/C17H15BrClN3O3/c18-11-6-15(16(19)21-8-11)25-9-12(22-17(23)24)5-10-7-20-14-4-2-1-3-13(10)14/h1-4,6-8,12,20,22H,5,9H2,(H,23,24)/t12-/m0/s1. The molecule has 6 nitrogen and oxygen atoms in total. The zero-order valence-electron chi connectivity index (χ0n) is 13.0. The van der Waals surface area contributed by atoms with E-state index in [0.29, 0.717) is 12.2 Å². The molecule has 2 heterocycles. The number of carboxylic acid groups (broad SMARTS) is 1. The molecule has 1 amide bonds. The predicted molar refractivity (Wildman–Crippen MR) is 99.4 cm³/mol. The molecule has 0 fully saturated rings. The van der Waals surface area contributed by atoms with Gasteiger partial charge in [0.25, 0.3) is 0 Å². The maximum Gasteiger partial charge on any atom is 0.405 e. The van der Waals surface area contributed by atoms with E-state index in [1.54, 1.807) is 12.3 Å². The predicted octanol–water partition coefficient (Wildman–Crippen LogP) is 4.24. The number of pyridine rings is 1. The van der Waals surface area contributed by atoms with E-state index in [9.17, 15) is 4.79 Å². The summed E-state index contributed by atoms with van der Waals surface area (Å²) in [4.78, 5) is 18.3. The molecule has 1 atom stereocenters.